The van der Waals surface area contributed by atoms with Crippen molar-refractivity contribution in [1.29, 1.82) is 0 Å². The van der Waals surface area contributed by atoms with Crippen molar-refractivity contribution in [3.05, 3.63) is 29.8 Å². The van der Waals surface area contributed by atoms with Gasteiger partial charge in [0.2, 0.25) is 0 Å². The highest BCUT2D eigenvalue weighted by atomic mass is 16.6. The van der Waals surface area contributed by atoms with E-state index in [2.05, 4.69) is 29.6 Å². The summed E-state index contributed by atoms with van der Waals surface area (Å²) < 4.78 is 10.7. The van der Waals surface area contributed by atoms with Gasteiger partial charge in [-0.15, -0.1) is 0 Å². The number of amides is 1. The number of nitrogens with zero attached hydrogens (tertiary/aromatic N) is 1. The van der Waals surface area contributed by atoms with Crippen molar-refractivity contribution in [2.24, 2.45) is 0 Å². The van der Waals surface area contributed by atoms with Crippen LogP contribution in [0.25, 0.3) is 0 Å². The van der Waals surface area contributed by atoms with Crippen molar-refractivity contribution in [3.63, 3.8) is 0 Å². The summed E-state index contributed by atoms with van der Waals surface area (Å²) in [5, 5.41) is 16.2. The Balaban J connectivity index is 1.74. The van der Waals surface area contributed by atoms with Crippen LogP contribution in [0.15, 0.2) is 24.3 Å². The predicted octanol–water partition coefficient (Wildman–Crippen LogP) is 1.40. The zero-order valence-electron chi connectivity index (χ0n) is 16.6. The Morgan fingerprint density at radius 3 is 2.67 bits per heavy atom. The summed E-state index contributed by atoms with van der Waals surface area (Å²) in [4.78, 5) is 14.2. The van der Waals surface area contributed by atoms with E-state index in [-0.39, 0.29) is 6.04 Å². The molecule has 1 aromatic carbocycles. The molecule has 3 N–H and O–H groups in total. The summed E-state index contributed by atoms with van der Waals surface area (Å²) in [5.74, 6) is 0.802. The first-order valence-electron chi connectivity index (χ1n) is 9.63. The van der Waals surface area contributed by atoms with Crippen LogP contribution in [0, 0.1) is 0 Å². The lowest BCUT2D eigenvalue weighted by molar-refractivity contribution is 0.0190. The molecule has 1 heterocycles. The molecular weight excluding hydrogens is 346 g/mol. The van der Waals surface area contributed by atoms with Gasteiger partial charge in [-0.1, -0.05) is 18.6 Å². The Hall–Kier alpha value is -1.83. The maximum absolute atomic E-state index is 12.1. The van der Waals surface area contributed by atoms with Crippen LogP contribution in [-0.2, 0) is 11.2 Å². The lowest BCUT2D eigenvalue weighted by Crippen LogP contribution is -2.41. The van der Waals surface area contributed by atoms with E-state index in [1.807, 2.05) is 24.3 Å². The Bertz CT molecular complexity index is 565. The van der Waals surface area contributed by atoms with Gasteiger partial charge in [0.1, 0.15) is 18.0 Å². The highest BCUT2D eigenvalue weighted by molar-refractivity contribution is 5.67. The SMILES string of the molecule is COc1ccc(C[C@H]2NC[C@H](O)[C@H]2OC(=O)NCCCCCN(C)C)cc1. The van der Waals surface area contributed by atoms with E-state index in [9.17, 15) is 9.90 Å². The molecule has 3 atom stereocenters. The molecule has 7 nitrogen and oxygen atoms in total. The third kappa shape index (κ3) is 7.36. The second-order valence-electron chi connectivity index (χ2n) is 7.29. The first kappa shape index (κ1) is 21.5. The van der Waals surface area contributed by atoms with Crippen LogP contribution in [0.1, 0.15) is 24.8 Å². The maximum atomic E-state index is 12.1. The van der Waals surface area contributed by atoms with Gasteiger partial charge in [0.05, 0.1) is 13.2 Å². The van der Waals surface area contributed by atoms with Gasteiger partial charge in [-0.3, -0.25) is 0 Å². The molecule has 1 saturated heterocycles. The van der Waals surface area contributed by atoms with Gasteiger partial charge in [-0.2, -0.15) is 0 Å². The Labute approximate surface area is 162 Å². The highest BCUT2D eigenvalue weighted by Gasteiger charge is 2.37. The molecule has 7 heteroatoms. The van der Waals surface area contributed by atoms with Gasteiger partial charge in [0.15, 0.2) is 0 Å². The molecule has 1 aromatic rings. The standard InChI is InChI=1S/C20H33N3O4/c1-23(2)12-6-4-5-11-21-20(25)27-19-17(22-14-18(19)24)13-15-7-9-16(26-3)10-8-15/h7-10,17-19,22,24H,4-6,11-14H2,1-3H3,(H,21,25)/t17-,18+,19+/m1/s1. The zero-order valence-corrected chi connectivity index (χ0v) is 16.6. The van der Waals surface area contributed by atoms with Crippen molar-refractivity contribution in [2.45, 2.75) is 43.9 Å². The van der Waals surface area contributed by atoms with Gasteiger partial charge in [-0.05, 0) is 57.6 Å². The summed E-state index contributed by atoms with van der Waals surface area (Å²) >= 11 is 0. The summed E-state index contributed by atoms with van der Waals surface area (Å²) in [6.07, 6.45) is 2.05. The number of nitrogens with one attached hydrogen (secondary N) is 2. The molecule has 152 valence electrons. The fraction of sp³-hybridized carbons (Fsp3) is 0.650. The molecule has 1 aliphatic rings. The largest absolute Gasteiger partial charge is 0.497 e. The van der Waals surface area contributed by atoms with Crippen molar-refractivity contribution in [3.8, 4) is 5.75 Å². The molecular formula is C20H33N3O4. The number of rotatable bonds is 10. The number of hydrogen-bond acceptors (Lipinski definition) is 6. The Morgan fingerprint density at radius 1 is 1.26 bits per heavy atom. The Morgan fingerprint density at radius 2 is 2.00 bits per heavy atom. The third-order valence-electron chi connectivity index (χ3n) is 4.77. The van der Waals surface area contributed by atoms with E-state index in [1.54, 1.807) is 7.11 Å². The molecule has 0 bridgehead atoms. The van der Waals surface area contributed by atoms with Gasteiger partial charge < -0.3 is 30.1 Å². The van der Waals surface area contributed by atoms with Crippen LogP contribution < -0.4 is 15.4 Å². The van der Waals surface area contributed by atoms with Crippen LogP contribution >= 0.6 is 0 Å². The number of aliphatic hydroxyl groups excluding tert-OH is 1. The fourth-order valence-corrected chi connectivity index (χ4v) is 3.22. The van der Waals surface area contributed by atoms with Crippen molar-refractivity contribution in [2.75, 3.05) is 40.8 Å². The average Bonchev–Trinajstić information content (AvgIpc) is 2.98. The van der Waals surface area contributed by atoms with E-state index in [0.717, 1.165) is 37.1 Å². The molecule has 1 aliphatic heterocycles. The molecule has 0 saturated carbocycles. The maximum Gasteiger partial charge on any atom is 0.407 e. The van der Waals surface area contributed by atoms with Crippen LogP contribution in [0.4, 0.5) is 4.79 Å². The van der Waals surface area contributed by atoms with E-state index < -0.39 is 18.3 Å². The second-order valence-corrected chi connectivity index (χ2v) is 7.29. The number of alkyl carbamates (subject to hydrolysis) is 1. The van der Waals surface area contributed by atoms with E-state index in [0.29, 0.717) is 19.5 Å². The molecule has 0 spiro atoms. The molecule has 1 fully saturated rings. The number of benzene rings is 1. The lowest BCUT2D eigenvalue weighted by atomic mass is 10.0. The lowest BCUT2D eigenvalue weighted by Gasteiger charge is -2.22. The number of aliphatic hydroxyl groups is 1. The van der Waals surface area contributed by atoms with Crippen molar-refractivity contribution < 1.29 is 19.4 Å². The summed E-state index contributed by atoms with van der Waals surface area (Å²) in [5.41, 5.74) is 1.09. The molecule has 27 heavy (non-hydrogen) atoms. The van der Waals surface area contributed by atoms with Crippen LogP contribution in [-0.4, -0.2) is 75.2 Å². The Kier molecular flexibility index (Phi) is 8.84. The van der Waals surface area contributed by atoms with Gasteiger partial charge in [0, 0.05) is 13.1 Å². The summed E-state index contributed by atoms with van der Waals surface area (Å²) in [6, 6.07) is 7.66. The number of hydrogen-bond donors (Lipinski definition) is 3. The average molecular weight is 380 g/mol. The minimum Gasteiger partial charge on any atom is -0.497 e. The number of unbranched alkanes of at least 4 members (excludes halogenated alkanes) is 2. The number of ether oxygens (including phenoxy) is 2. The highest BCUT2D eigenvalue weighted by Crippen LogP contribution is 2.19. The molecule has 1 amide bonds. The van der Waals surface area contributed by atoms with Gasteiger partial charge in [0.25, 0.3) is 0 Å². The first-order valence-corrected chi connectivity index (χ1v) is 9.63. The zero-order chi connectivity index (χ0) is 19.6. The topological polar surface area (TPSA) is 83.1 Å². The summed E-state index contributed by atoms with van der Waals surface area (Å²) in [6.45, 7) is 2.06. The first-order chi connectivity index (χ1) is 13.0. The summed E-state index contributed by atoms with van der Waals surface area (Å²) in [7, 11) is 5.74. The molecule has 0 radical (unpaired) electrons. The van der Waals surface area contributed by atoms with Crippen LogP contribution in [0.3, 0.4) is 0 Å². The quantitative estimate of drug-likeness (QED) is 0.533. The number of methoxy groups -OCH3 is 1. The molecule has 2 rings (SSSR count). The van der Waals surface area contributed by atoms with E-state index >= 15 is 0 Å². The van der Waals surface area contributed by atoms with E-state index in [4.69, 9.17) is 9.47 Å². The molecule has 0 unspecified atom stereocenters. The van der Waals surface area contributed by atoms with Crippen molar-refractivity contribution in [1.82, 2.24) is 15.5 Å². The number of carbonyl (C=O) groups is 1. The molecule has 0 aliphatic carbocycles. The fourth-order valence-electron chi connectivity index (χ4n) is 3.22. The van der Waals surface area contributed by atoms with Gasteiger partial charge >= 0.3 is 6.09 Å². The second kappa shape index (κ2) is 11.1. The normalized spacial score (nSPS) is 22.0. The van der Waals surface area contributed by atoms with E-state index in [1.165, 1.54) is 0 Å². The van der Waals surface area contributed by atoms with Crippen LogP contribution in [0.5, 0.6) is 5.75 Å². The smallest absolute Gasteiger partial charge is 0.407 e. The number of carbonyl (C=O) groups excluding carboxylic acids is 1. The van der Waals surface area contributed by atoms with Crippen LogP contribution in [0.2, 0.25) is 0 Å². The third-order valence-corrected chi connectivity index (χ3v) is 4.77. The van der Waals surface area contributed by atoms with Crippen molar-refractivity contribution >= 4 is 6.09 Å². The molecule has 0 aromatic heterocycles. The van der Waals surface area contributed by atoms with Gasteiger partial charge in [-0.25, -0.2) is 4.79 Å². The predicted molar refractivity (Wildman–Crippen MR) is 105 cm³/mol. The minimum atomic E-state index is -0.695. The monoisotopic (exact) mass is 379 g/mol. The number of β-amino-alcohol motifs (C(OH)–C–C–N with tert-alkyl or cyclic N) is 1. The minimum absolute atomic E-state index is 0.112.